The van der Waals surface area contributed by atoms with E-state index < -0.39 is 5.60 Å². The average molecular weight is 222 g/mol. The molecule has 0 bridgehead atoms. The highest BCUT2D eigenvalue weighted by Crippen LogP contribution is 2.40. The summed E-state index contributed by atoms with van der Waals surface area (Å²) in [6.07, 6.45) is 5.84. The van der Waals surface area contributed by atoms with Gasteiger partial charge >= 0.3 is 0 Å². The molecular formula is C13H22N2O. The third-order valence-electron chi connectivity index (χ3n) is 3.99. The highest BCUT2D eigenvalue weighted by atomic mass is 16.3. The first kappa shape index (κ1) is 11.6. The normalized spacial score (nSPS) is 30.9. The fourth-order valence-electron chi connectivity index (χ4n) is 2.70. The van der Waals surface area contributed by atoms with Gasteiger partial charge in [0.15, 0.2) is 0 Å². The summed E-state index contributed by atoms with van der Waals surface area (Å²) in [4.78, 5) is 0. The third kappa shape index (κ3) is 2.14. The van der Waals surface area contributed by atoms with E-state index in [0.717, 1.165) is 43.2 Å². The second-order valence-electron chi connectivity index (χ2n) is 5.49. The summed E-state index contributed by atoms with van der Waals surface area (Å²) in [5.74, 6) is 1.50. The average Bonchev–Trinajstić information content (AvgIpc) is 2.66. The molecule has 1 saturated carbocycles. The molecule has 0 aromatic carbocycles. The van der Waals surface area contributed by atoms with Gasteiger partial charge in [0.1, 0.15) is 5.60 Å². The molecule has 0 aliphatic heterocycles. The maximum atomic E-state index is 10.6. The first-order valence-corrected chi connectivity index (χ1v) is 6.24. The fourth-order valence-corrected chi connectivity index (χ4v) is 2.70. The van der Waals surface area contributed by atoms with Crippen molar-refractivity contribution in [2.45, 2.75) is 45.1 Å². The van der Waals surface area contributed by atoms with Crippen molar-refractivity contribution < 1.29 is 5.11 Å². The monoisotopic (exact) mass is 222 g/mol. The van der Waals surface area contributed by atoms with Crippen LogP contribution in [0.15, 0.2) is 12.3 Å². The predicted octanol–water partition coefficient (Wildman–Crippen LogP) is 2.45. The summed E-state index contributed by atoms with van der Waals surface area (Å²) in [6.45, 7) is 4.55. The van der Waals surface area contributed by atoms with Gasteiger partial charge in [0.25, 0.3) is 0 Å². The molecule has 3 nitrogen and oxygen atoms in total. The Morgan fingerprint density at radius 1 is 1.44 bits per heavy atom. The summed E-state index contributed by atoms with van der Waals surface area (Å²) >= 11 is 0. The van der Waals surface area contributed by atoms with Crippen molar-refractivity contribution in [2.75, 3.05) is 0 Å². The number of hydrogen-bond donors (Lipinski definition) is 1. The lowest BCUT2D eigenvalue weighted by Gasteiger charge is -2.36. The summed E-state index contributed by atoms with van der Waals surface area (Å²) in [7, 11) is 1.90. The molecule has 0 spiro atoms. The van der Waals surface area contributed by atoms with Crippen LogP contribution in [0.25, 0.3) is 0 Å². The van der Waals surface area contributed by atoms with Crippen molar-refractivity contribution in [3.63, 3.8) is 0 Å². The molecule has 1 aliphatic rings. The molecular weight excluding hydrogens is 200 g/mol. The minimum absolute atomic E-state index is 0.674. The van der Waals surface area contributed by atoms with Crippen molar-refractivity contribution in [1.29, 1.82) is 0 Å². The first-order chi connectivity index (χ1) is 7.51. The van der Waals surface area contributed by atoms with Gasteiger partial charge < -0.3 is 5.11 Å². The quantitative estimate of drug-likeness (QED) is 0.834. The summed E-state index contributed by atoms with van der Waals surface area (Å²) in [6, 6.07) is 1.94. The van der Waals surface area contributed by atoms with Gasteiger partial charge in [-0.1, -0.05) is 13.8 Å². The molecule has 3 heteroatoms. The Morgan fingerprint density at radius 2 is 2.06 bits per heavy atom. The first-order valence-electron chi connectivity index (χ1n) is 6.24. The van der Waals surface area contributed by atoms with Crippen LogP contribution in [0.1, 0.15) is 45.2 Å². The van der Waals surface area contributed by atoms with Gasteiger partial charge in [-0.05, 0) is 43.6 Å². The van der Waals surface area contributed by atoms with Gasteiger partial charge in [0.05, 0.1) is 5.69 Å². The molecule has 16 heavy (non-hydrogen) atoms. The lowest BCUT2D eigenvalue weighted by molar-refractivity contribution is -0.0239. The molecule has 1 N–H and O–H groups in total. The molecule has 1 fully saturated rings. The van der Waals surface area contributed by atoms with Gasteiger partial charge in [-0.25, -0.2) is 0 Å². The van der Waals surface area contributed by atoms with Crippen LogP contribution in [0.2, 0.25) is 0 Å². The van der Waals surface area contributed by atoms with Crippen LogP contribution in [0.5, 0.6) is 0 Å². The van der Waals surface area contributed by atoms with Crippen molar-refractivity contribution in [2.24, 2.45) is 18.9 Å². The van der Waals surface area contributed by atoms with Crippen LogP contribution < -0.4 is 0 Å². The smallest absolute Gasteiger partial charge is 0.108 e. The van der Waals surface area contributed by atoms with E-state index >= 15 is 0 Å². The number of aryl methyl sites for hydroxylation is 1. The largest absolute Gasteiger partial charge is 0.383 e. The van der Waals surface area contributed by atoms with Gasteiger partial charge in [0.2, 0.25) is 0 Å². The Balaban J connectivity index is 2.06. The second kappa shape index (κ2) is 4.21. The Morgan fingerprint density at radius 3 is 2.50 bits per heavy atom. The lowest BCUT2D eigenvalue weighted by Crippen LogP contribution is -2.33. The van der Waals surface area contributed by atoms with Gasteiger partial charge in [-0.15, -0.1) is 0 Å². The van der Waals surface area contributed by atoms with Crippen LogP contribution in [0, 0.1) is 11.8 Å². The van der Waals surface area contributed by atoms with Crippen LogP contribution in [0.4, 0.5) is 0 Å². The topological polar surface area (TPSA) is 38.0 Å². The van der Waals surface area contributed by atoms with E-state index in [1.165, 1.54) is 0 Å². The molecule has 1 aromatic rings. The SMILES string of the molecule is CC(C)C1CCC(O)(c2ccn(C)n2)CC1. The molecule has 1 aromatic heterocycles. The maximum absolute atomic E-state index is 10.6. The molecule has 0 unspecified atom stereocenters. The summed E-state index contributed by atoms with van der Waals surface area (Å²) in [5, 5.41) is 14.9. The molecule has 0 amide bonds. The number of rotatable bonds is 2. The van der Waals surface area contributed by atoms with E-state index in [2.05, 4.69) is 18.9 Å². The minimum Gasteiger partial charge on any atom is -0.383 e. The Kier molecular flexibility index (Phi) is 3.06. The zero-order valence-electron chi connectivity index (χ0n) is 10.5. The second-order valence-corrected chi connectivity index (χ2v) is 5.49. The predicted molar refractivity (Wildman–Crippen MR) is 63.9 cm³/mol. The lowest BCUT2D eigenvalue weighted by atomic mass is 9.73. The summed E-state index contributed by atoms with van der Waals surface area (Å²) in [5.41, 5.74) is 0.171. The Hall–Kier alpha value is -0.830. The number of aliphatic hydroxyl groups is 1. The van der Waals surface area contributed by atoms with Crippen LogP contribution >= 0.6 is 0 Å². The zero-order chi connectivity index (χ0) is 11.8. The van der Waals surface area contributed by atoms with Gasteiger partial charge in [-0.2, -0.15) is 5.10 Å². The van der Waals surface area contributed by atoms with E-state index in [4.69, 9.17) is 0 Å². The van der Waals surface area contributed by atoms with Gasteiger partial charge in [-0.3, -0.25) is 4.68 Å². The molecule has 1 aliphatic carbocycles. The number of hydrogen-bond acceptors (Lipinski definition) is 2. The molecule has 1 heterocycles. The van der Waals surface area contributed by atoms with Crippen LogP contribution in [-0.4, -0.2) is 14.9 Å². The number of nitrogens with zero attached hydrogens (tertiary/aromatic N) is 2. The highest BCUT2D eigenvalue weighted by Gasteiger charge is 2.37. The van der Waals surface area contributed by atoms with E-state index in [-0.39, 0.29) is 0 Å². The third-order valence-corrected chi connectivity index (χ3v) is 3.99. The number of aromatic nitrogens is 2. The van der Waals surface area contributed by atoms with Gasteiger partial charge in [0, 0.05) is 13.2 Å². The standard InChI is InChI=1S/C13H22N2O/c1-10(2)11-4-7-13(16,8-5-11)12-6-9-15(3)14-12/h6,9-11,16H,4-5,7-8H2,1-3H3. The van der Waals surface area contributed by atoms with Crippen LogP contribution in [-0.2, 0) is 12.6 Å². The van der Waals surface area contributed by atoms with Crippen molar-refractivity contribution >= 4 is 0 Å². The van der Waals surface area contributed by atoms with Crippen molar-refractivity contribution in [1.82, 2.24) is 9.78 Å². The van der Waals surface area contributed by atoms with E-state index in [1.54, 1.807) is 4.68 Å². The van der Waals surface area contributed by atoms with Crippen LogP contribution in [0.3, 0.4) is 0 Å². The Bertz CT molecular complexity index is 349. The molecule has 0 saturated heterocycles. The fraction of sp³-hybridized carbons (Fsp3) is 0.769. The maximum Gasteiger partial charge on any atom is 0.108 e. The molecule has 0 atom stereocenters. The molecule has 2 rings (SSSR count). The van der Waals surface area contributed by atoms with E-state index in [0.29, 0.717) is 0 Å². The van der Waals surface area contributed by atoms with Crippen molar-refractivity contribution in [3.05, 3.63) is 18.0 Å². The summed E-state index contributed by atoms with van der Waals surface area (Å²) < 4.78 is 1.77. The van der Waals surface area contributed by atoms with E-state index in [9.17, 15) is 5.11 Å². The van der Waals surface area contributed by atoms with Crippen molar-refractivity contribution in [3.8, 4) is 0 Å². The Labute approximate surface area is 97.5 Å². The zero-order valence-corrected chi connectivity index (χ0v) is 10.5. The van der Waals surface area contributed by atoms with E-state index in [1.807, 2.05) is 19.3 Å². The molecule has 90 valence electrons. The molecule has 0 radical (unpaired) electrons. The minimum atomic E-state index is -0.674. The highest BCUT2D eigenvalue weighted by molar-refractivity contribution is 5.11.